The van der Waals surface area contributed by atoms with Gasteiger partial charge >= 0.3 is 0 Å². The van der Waals surface area contributed by atoms with Crippen LogP contribution in [0.25, 0.3) is 0 Å². The number of ether oxygens (including phenoxy) is 1. The molecule has 0 saturated carbocycles. The molecule has 1 aromatic rings. The zero-order valence-electron chi connectivity index (χ0n) is 10.3. The Morgan fingerprint density at radius 3 is 3.18 bits per heavy atom. The Morgan fingerprint density at radius 2 is 2.47 bits per heavy atom. The number of thiazole rings is 1. The maximum absolute atomic E-state index is 8.52. The lowest BCUT2D eigenvalue weighted by Crippen LogP contribution is -2.20. The highest BCUT2D eigenvalue weighted by molar-refractivity contribution is 7.13. The summed E-state index contributed by atoms with van der Waals surface area (Å²) in [6.07, 6.45) is 0.525. The van der Waals surface area contributed by atoms with Gasteiger partial charge in [-0.05, 0) is 0 Å². The smallest absolute Gasteiger partial charge is 0.185 e. The highest BCUT2D eigenvalue weighted by Gasteiger charge is 2.06. The number of aromatic nitrogens is 1. The molecule has 0 radical (unpaired) electrons. The molecule has 0 bridgehead atoms. The van der Waals surface area contributed by atoms with E-state index in [1.807, 2.05) is 17.3 Å². The molecule has 1 aromatic heterocycles. The molecular formula is C11H18N4OS. The zero-order valence-corrected chi connectivity index (χ0v) is 11.1. The van der Waals surface area contributed by atoms with Crippen LogP contribution < -0.4 is 10.2 Å². The van der Waals surface area contributed by atoms with Crippen molar-refractivity contribution in [3.63, 3.8) is 0 Å². The second-order valence-corrected chi connectivity index (χ2v) is 4.46. The molecule has 1 rings (SSSR count). The van der Waals surface area contributed by atoms with Crippen molar-refractivity contribution < 1.29 is 4.74 Å². The summed E-state index contributed by atoms with van der Waals surface area (Å²) in [7, 11) is 3.64. The van der Waals surface area contributed by atoms with Crippen LogP contribution in [0, 0.1) is 11.3 Å². The molecule has 94 valence electrons. The number of anilines is 1. The summed E-state index contributed by atoms with van der Waals surface area (Å²) >= 11 is 1.61. The molecule has 17 heavy (non-hydrogen) atoms. The SMILES string of the molecule is COCCNCc1csc(N(C)CCC#N)n1. The fourth-order valence-electron chi connectivity index (χ4n) is 1.26. The van der Waals surface area contributed by atoms with Gasteiger partial charge in [0.1, 0.15) is 0 Å². The minimum absolute atomic E-state index is 0.525. The minimum Gasteiger partial charge on any atom is -0.383 e. The van der Waals surface area contributed by atoms with Gasteiger partial charge in [-0.25, -0.2) is 4.98 Å². The molecule has 0 aliphatic heterocycles. The summed E-state index contributed by atoms with van der Waals surface area (Å²) in [5.41, 5.74) is 1.03. The summed E-state index contributed by atoms with van der Waals surface area (Å²) in [4.78, 5) is 6.50. The summed E-state index contributed by atoms with van der Waals surface area (Å²) in [6.45, 7) is 3.01. The molecule has 0 aliphatic rings. The predicted molar refractivity (Wildman–Crippen MR) is 69.2 cm³/mol. The molecule has 0 spiro atoms. The van der Waals surface area contributed by atoms with Gasteiger partial charge in [-0.15, -0.1) is 11.3 Å². The Morgan fingerprint density at radius 1 is 1.65 bits per heavy atom. The molecule has 0 fully saturated rings. The Labute approximate surface area is 106 Å². The average Bonchev–Trinajstić information content (AvgIpc) is 2.80. The predicted octanol–water partition coefficient (Wildman–Crippen LogP) is 1.23. The number of methoxy groups -OCH3 is 1. The fourth-order valence-corrected chi connectivity index (χ4v) is 2.08. The molecule has 0 atom stereocenters. The van der Waals surface area contributed by atoms with Gasteiger partial charge in [-0.2, -0.15) is 5.26 Å². The third kappa shape index (κ3) is 5.13. The van der Waals surface area contributed by atoms with E-state index in [4.69, 9.17) is 10.00 Å². The van der Waals surface area contributed by atoms with E-state index in [1.165, 1.54) is 0 Å². The van der Waals surface area contributed by atoms with Crippen LogP contribution in [0.5, 0.6) is 0 Å². The Hall–Kier alpha value is -1.16. The normalized spacial score (nSPS) is 10.2. The molecule has 5 nitrogen and oxygen atoms in total. The number of rotatable bonds is 8. The second kappa shape index (κ2) is 8.01. The van der Waals surface area contributed by atoms with Crippen molar-refractivity contribution in [2.24, 2.45) is 0 Å². The van der Waals surface area contributed by atoms with Crippen LogP contribution in [0.15, 0.2) is 5.38 Å². The van der Waals surface area contributed by atoms with Gasteiger partial charge in [0.2, 0.25) is 0 Å². The lowest BCUT2D eigenvalue weighted by atomic mass is 10.4. The lowest BCUT2D eigenvalue weighted by molar-refractivity contribution is 0.199. The number of nitrogens with zero attached hydrogens (tertiary/aromatic N) is 3. The topological polar surface area (TPSA) is 61.2 Å². The van der Waals surface area contributed by atoms with Gasteiger partial charge in [0.25, 0.3) is 0 Å². The Kier molecular flexibility index (Phi) is 6.55. The molecule has 0 aliphatic carbocycles. The van der Waals surface area contributed by atoms with Crippen molar-refractivity contribution in [1.82, 2.24) is 10.3 Å². The van der Waals surface area contributed by atoms with Crippen LogP contribution in [0.4, 0.5) is 5.13 Å². The first-order valence-electron chi connectivity index (χ1n) is 5.50. The van der Waals surface area contributed by atoms with E-state index in [1.54, 1.807) is 18.4 Å². The first kappa shape index (κ1) is 13.9. The van der Waals surface area contributed by atoms with Crippen LogP contribution >= 0.6 is 11.3 Å². The van der Waals surface area contributed by atoms with Crippen molar-refractivity contribution in [1.29, 1.82) is 5.26 Å². The quantitative estimate of drug-likeness (QED) is 0.707. The molecule has 0 saturated heterocycles. The van der Waals surface area contributed by atoms with Crippen molar-refractivity contribution >= 4 is 16.5 Å². The molecule has 0 amide bonds. The summed E-state index contributed by atoms with van der Waals surface area (Å²) in [5.74, 6) is 0. The standard InChI is InChI=1S/C11H18N4OS/c1-15(6-3-4-12)11-14-10(9-17-11)8-13-5-7-16-2/h9,13H,3,5-8H2,1-2H3. The minimum atomic E-state index is 0.525. The van der Waals surface area contributed by atoms with Crippen molar-refractivity contribution in [2.45, 2.75) is 13.0 Å². The summed E-state index contributed by atoms with van der Waals surface area (Å²) < 4.78 is 4.95. The molecule has 0 aromatic carbocycles. The van der Waals surface area contributed by atoms with E-state index in [-0.39, 0.29) is 0 Å². The third-order valence-corrected chi connectivity index (χ3v) is 3.22. The molecule has 1 heterocycles. The molecule has 6 heteroatoms. The number of nitriles is 1. The van der Waals surface area contributed by atoms with Gasteiger partial charge in [0.05, 0.1) is 24.8 Å². The van der Waals surface area contributed by atoms with Gasteiger partial charge in [0.15, 0.2) is 5.13 Å². The second-order valence-electron chi connectivity index (χ2n) is 3.62. The van der Waals surface area contributed by atoms with Crippen molar-refractivity contribution in [3.05, 3.63) is 11.1 Å². The van der Waals surface area contributed by atoms with E-state index >= 15 is 0 Å². The molecule has 1 N–H and O–H groups in total. The van der Waals surface area contributed by atoms with Crippen LogP contribution in [0.2, 0.25) is 0 Å². The summed E-state index contributed by atoms with van der Waals surface area (Å²) in [6, 6.07) is 2.13. The van der Waals surface area contributed by atoms with E-state index < -0.39 is 0 Å². The monoisotopic (exact) mass is 254 g/mol. The van der Waals surface area contributed by atoms with E-state index in [0.29, 0.717) is 13.0 Å². The van der Waals surface area contributed by atoms with Gasteiger partial charge in [-0.1, -0.05) is 0 Å². The van der Waals surface area contributed by atoms with Crippen molar-refractivity contribution in [3.8, 4) is 6.07 Å². The lowest BCUT2D eigenvalue weighted by Gasteiger charge is -2.12. The van der Waals surface area contributed by atoms with Gasteiger partial charge in [0, 0.05) is 39.2 Å². The average molecular weight is 254 g/mol. The maximum Gasteiger partial charge on any atom is 0.185 e. The van der Waals surface area contributed by atoms with Gasteiger partial charge < -0.3 is 15.0 Å². The van der Waals surface area contributed by atoms with Crippen LogP contribution in [-0.4, -0.2) is 38.8 Å². The fraction of sp³-hybridized carbons (Fsp3) is 0.636. The van der Waals surface area contributed by atoms with E-state index in [0.717, 1.165) is 30.5 Å². The number of hydrogen-bond acceptors (Lipinski definition) is 6. The van der Waals surface area contributed by atoms with E-state index in [9.17, 15) is 0 Å². The highest BCUT2D eigenvalue weighted by atomic mass is 32.1. The first-order valence-corrected chi connectivity index (χ1v) is 6.38. The van der Waals surface area contributed by atoms with Crippen LogP contribution in [0.1, 0.15) is 12.1 Å². The Balaban J connectivity index is 2.34. The Bertz CT molecular complexity index is 361. The van der Waals surface area contributed by atoms with Crippen molar-refractivity contribution in [2.75, 3.05) is 38.8 Å². The van der Waals surface area contributed by atoms with Crippen LogP contribution in [-0.2, 0) is 11.3 Å². The van der Waals surface area contributed by atoms with Gasteiger partial charge in [-0.3, -0.25) is 0 Å². The summed E-state index contributed by atoms with van der Waals surface area (Å²) in [5, 5.41) is 14.8. The number of nitrogens with one attached hydrogen (secondary N) is 1. The number of hydrogen-bond donors (Lipinski definition) is 1. The maximum atomic E-state index is 8.52. The van der Waals surface area contributed by atoms with E-state index in [2.05, 4.69) is 16.4 Å². The molecule has 0 unspecified atom stereocenters. The molecular weight excluding hydrogens is 236 g/mol. The zero-order chi connectivity index (χ0) is 12.5. The highest BCUT2D eigenvalue weighted by Crippen LogP contribution is 2.19. The van der Waals surface area contributed by atoms with Crippen LogP contribution in [0.3, 0.4) is 0 Å². The largest absolute Gasteiger partial charge is 0.383 e. The third-order valence-electron chi connectivity index (χ3n) is 2.21. The first-order chi connectivity index (χ1) is 8.27.